The maximum Gasteiger partial charge on any atom is 0.355 e. The van der Waals surface area contributed by atoms with Crippen molar-refractivity contribution in [3.05, 3.63) is 70.6 Å². The average Bonchev–Trinajstić information content (AvgIpc) is 2.71. The molecule has 0 saturated carbocycles. The van der Waals surface area contributed by atoms with Crippen molar-refractivity contribution in [3.8, 4) is 11.5 Å². The van der Waals surface area contributed by atoms with Crippen molar-refractivity contribution in [3.63, 3.8) is 0 Å². The molecule has 3 aromatic rings. The molecule has 0 N–H and O–H groups in total. The second kappa shape index (κ2) is 8.32. The molecule has 0 saturated heterocycles. The van der Waals surface area contributed by atoms with E-state index in [9.17, 15) is 18.0 Å². The van der Waals surface area contributed by atoms with Gasteiger partial charge in [-0.15, -0.1) is 0 Å². The summed E-state index contributed by atoms with van der Waals surface area (Å²) in [7, 11) is -1.25. The highest BCUT2D eigenvalue weighted by molar-refractivity contribution is 7.92. The van der Waals surface area contributed by atoms with E-state index in [1.54, 1.807) is 36.4 Å². The minimum Gasteiger partial charge on any atom is -0.497 e. The Kier molecular flexibility index (Phi) is 5.84. The lowest BCUT2D eigenvalue weighted by Crippen LogP contribution is -2.21. The third-order valence-electron chi connectivity index (χ3n) is 4.17. The molecule has 0 radical (unpaired) electrons. The number of benzene rings is 2. The van der Waals surface area contributed by atoms with Gasteiger partial charge in [0.05, 0.1) is 19.6 Å². The first-order valence-electron chi connectivity index (χ1n) is 8.52. The van der Waals surface area contributed by atoms with Crippen molar-refractivity contribution in [1.82, 2.24) is 0 Å². The van der Waals surface area contributed by atoms with Crippen LogP contribution in [0.15, 0.2) is 68.7 Å². The Morgan fingerprint density at radius 2 is 1.79 bits per heavy atom. The molecule has 8 heteroatoms. The lowest BCUT2D eigenvalue weighted by molar-refractivity contribution is -0.112. The highest BCUT2D eigenvalue weighted by Gasteiger charge is 2.24. The van der Waals surface area contributed by atoms with Gasteiger partial charge < -0.3 is 13.9 Å². The zero-order valence-electron chi connectivity index (χ0n) is 15.7. The molecule has 0 fully saturated rings. The van der Waals surface area contributed by atoms with Crippen LogP contribution in [0.3, 0.4) is 0 Å². The number of hydrogen-bond donors (Lipinski definition) is 0. The fourth-order valence-electron chi connectivity index (χ4n) is 2.71. The molecule has 2 aromatic carbocycles. The van der Waals surface area contributed by atoms with Gasteiger partial charge in [0.2, 0.25) is 0 Å². The molecule has 1 aromatic heterocycles. The number of methoxy groups -OCH3 is 2. The molecule has 0 amide bonds. The Labute approximate surface area is 167 Å². The van der Waals surface area contributed by atoms with Crippen LogP contribution < -0.4 is 15.1 Å². The van der Waals surface area contributed by atoms with Crippen LogP contribution in [0.25, 0.3) is 17.0 Å². The van der Waals surface area contributed by atoms with Crippen LogP contribution in [0.1, 0.15) is 5.56 Å². The highest BCUT2D eigenvalue weighted by Crippen LogP contribution is 2.26. The summed E-state index contributed by atoms with van der Waals surface area (Å²) in [5.74, 6) is -0.506. The maximum atomic E-state index is 12.6. The number of fused-ring (bicyclic) bond motifs is 1. The number of rotatable bonds is 7. The van der Waals surface area contributed by atoms with E-state index in [0.29, 0.717) is 22.4 Å². The zero-order chi connectivity index (χ0) is 21.0. The lowest BCUT2D eigenvalue weighted by Gasteiger charge is -2.06. The number of ketones is 1. The topological polar surface area (TPSA) is 99.9 Å². The Morgan fingerprint density at radius 3 is 2.45 bits per heavy atom. The van der Waals surface area contributed by atoms with Crippen molar-refractivity contribution in [1.29, 1.82) is 0 Å². The summed E-state index contributed by atoms with van der Waals surface area (Å²) < 4.78 is 40.6. The van der Waals surface area contributed by atoms with Gasteiger partial charge in [-0.1, -0.05) is 24.3 Å². The quantitative estimate of drug-likeness (QED) is 0.433. The van der Waals surface area contributed by atoms with Crippen LogP contribution in [0.2, 0.25) is 0 Å². The van der Waals surface area contributed by atoms with Crippen molar-refractivity contribution in [2.45, 2.75) is 4.90 Å². The number of carbonyl (C=O) groups is 1. The van der Waals surface area contributed by atoms with Gasteiger partial charge >= 0.3 is 5.63 Å². The Balaban J connectivity index is 1.86. The normalized spacial score (nSPS) is 11.7. The largest absolute Gasteiger partial charge is 0.497 e. The number of ether oxygens (including phenoxy) is 2. The van der Waals surface area contributed by atoms with Gasteiger partial charge in [0.1, 0.15) is 22.8 Å². The summed E-state index contributed by atoms with van der Waals surface area (Å²) in [5, 5.41) is 0.328. The minimum absolute atomic E-state index is 0.194. The number of carbonyl (C=O) groups excluding carboxylic acids is 1. The molecule has 0 bridgehead atoms. The number of hydrogen-bond acceptors (Lipinski definition) is 7. The molecule has 0 aliphatic rings. The summed E-state index contributed by atoms with van der Waals surface area (Å²) in [6.07, 6.45) is 2.64. The smallest absolute Gasteiger partial charge is 0.355 e. The zero-order valence-corrected chi connectivity index (χ0v) is 16.6. The molecule has 3 rings (SSSR count). The van der Waals surface area contributed by atoms with Gasteiger partial charge in [0.15, 0.2) is 20.5 Å². The molecule has 0 spiro atoms. The van der Waals surface area contributed by atoms with Gasteiger partial charge in [0, 0.05) is 0 Å². The SMILES string of the molecule is COc1ccc(C=CC(=O)CS(=O)(=O)c2cc3c(OC)cccc3oc2=O)cc1. The molecule has 1 heterocycles. The van der Waals surface area contributed by atoms with Crippen molar-refractivity contribution < 1.29 is 27.1 Å². The van der Waals surface area contributed by atoms with Crippen LogP contribution in [-0.2, 0) is 14.6 Å². The summed E-state index contributed by atoms with van der Waals surface area (Å²) >= 11 is 0. The Hall–Kier alpha value is -3.39. The van der Waals surface area contributed by atoms with E-state index in [0.717, 1.165) is 6.08 Å². The predicted octanol–water partition coefficient (Wildman–Crippen LogP) is 2.87. The Morgan fingerprint density at radius 1 is 1.07 bits per heavy atom. The minimum atomic E-state index is -4.20. The standard InChI is InChI=1S/C21H18O7S/c1-26-16-10-7-14(8-11-16)6-9-15(22)13-29(24,25)20-12-17-18(27-2)4-3-5-19(17)28-21(20)23/h3-12H,13H2,1-2H3. The highest BCUT2D eigenvalue weighted by atomic mass is 32.2. The monoisotopic (exact) mass is 414 g/mol. The molecule has 150 valence electrons. The Bertz CT molecular complexity index is 1240. The maximum absolute atomic E-state index is 12.6. The molecule has 0 aliphatic carbocycles. The van der Waals surface area contributed by atoms with E-state index in [1.807, 2.05) is 0 Å². The van der Waals surface area contributed by atoms with Gasteiger partial charge in [-0.05, 0) is 42.0 Å². The van der Waals surface area contributed by atoms with E-state index < -0.39 is 31.9 Å². The average molecular weight is 414 g/mol. The first-order chi connectivity index (χ1) is 13.8. The van der Waals surface area contributed by atoms with E-state index in [-0.39, 0.29) is 5.58 Å². The summed E-state index contributed by atoms with van der Waals surface area (Å²) in [5.41, 5.74) is -0.136. The van der Waals surface area contributed by atoms with E-state index >= 15 is 0 Å². The van der Waals surface area contributed by atoms with E-state index in [2.05, 4.69) is 0 Å². The second-order valence-corrected chi connectivity index (χ2v) is 8.06. The predicted molar refractivity (Wildman–Crippen MR) is 108 cm³/mol. The van der Waals surface area contributed by atoms with Gasteiger partial charge in [0.25, 0.3) is 0 Å². The first-order valence-corrected chi connectivity index (χ1v) is 10.2. The van der Waals surface area contributed by atoms with Crippen LogP contribution in [0.4, 0.5) is 0 Å². The van der Waals surface area contributed by atoms with Crippen LogP contribution in [0.5, 0.6) is 11.5 Å². The van der Waals surface area contributed by atoms with Crippen molar-refractivity contribution >= 4 is 32.7 Å². The lowest BCUT2D eigenvalue weighted by atomic mass is 10.2. The van der Waals surface area contributed by atoms with Gasteiger partial charge in [-0.3, -0.25) is 4.79 Å². The molecule has 0 unspecified atom stereocenters. The number of allylic oxidation sites excluding steroid dienone is 1. The fraction of sp³-hybridized carbons (Fsp3) is 0.143. The van der Waals surface area contributed by atoms with Crippen LogP contribution in [0, 0.1) is 0 Å². The van der Waals surface area contributed by atoms with Crippen LogP contribution >= 0.6 is 0 Å². The number of sulfone groups is 1. The third kappa shape index (κ3) is 4.55. The summed E-state index contributed by atoms with van der Waals surface area (Å²) in [6, 6.07) is 12.8. The fourth-order valence-corrected chi connectivity index (χ4v) is 3.93. The summed E-state index contributed by atoms with van der Waals surface area (Å²) in [4.78, 5) is 23.8. The van der Waals surface area contributed by atoms with Crippen LogP contribution in [-0.4, -0.2) is 34.2 Å². The third-order valence-corrected chi connectivity index (χ3v) is 5.79. The molecule has 29 heavy (non-hydrogen) atoms. The van der Waals surface area contributed by atoms with Crippen molar-refractivity contribution in [2.24, 2.45) is 0 Å². The van der Waals surface area contributed by atoms with Gasteiger partial charge in [-0.25, -0.2) is 13.2 Å². The molecular formula is C21H18O7S. The molecule has 7 nitrogen and oxygen atoms in total. The summed E-state index contributed by atoms with van der Waals surface area (Å²) in [6.45, 7) is 0. The molecular weight excluding hydrogens is 396 g/mol. The van der Waals surface area contributed by atoms with E-state index in [4.69, 9.17) is 13.9 Å². The van der Waals surface area contributed by atoms with Gasteiger partial charge in [-0.2, -0.15) is 0 Å². The first kappa shape index (κ1) is 20.3. The molecule has 0 aliphatic heterocycles. The second-order valence-electron chi connectivity index (χ2n) is 6.10. The molecule has 0 atom stereocenters. The van der Waals surface area contributed by atoms with Crippen molar-refractivity contribution in [2.75, 3.05) is 20.0 Å². The van der Waals surface area contributed by atoms with E-state index in [1.165, 1.54) is 32.4 Å².